The van der Waals surface area contributed by atoms with E-state index in [9.17, 15) is 14.9 Å². The molecule has 1 aliphatic rings. The van der Waals surface area contributed by atoms with E-state index in [1.807, 2.05) is 0 Å². The first-order chi connectivity index (χ1) is 11.0. The van der Waals surface area contributed by atoms with Crippen molar-refractivity contribution in [2.24, 2.45) is 0 Å². The van der Waals surface area contributed by atoms with Crippen LogP contribution in [0.25, 0.3) is 11.3 Å². The molecule has 3 rings (SSSR count). The Labute approximate surface area is 135 Å². The van der Waals surface area contributed by atoms with E-state index in [2.05, 4.69) is 10.4 Å². The van der Waals surface area contributed by atoms with Crippen molar-refractivity contribution < 1.29 is 14.8 Å². The molecule has 0 aliphatic carbocycles. The number of nitro groups is 1. The van der Waals surface area contributed by atoms with E-state index in [1.165, 1.54) is 16.8 Å². The van der Waals surface area contributed by atoms with Crippen molar-refractivity contribution in [1.82, 2.24) is 15.1 Å². The molecule has 9 heteroatoms. The first-order valence-corrected chi connectivity index (χ1v) is 7.30. The Morgan fingerprint density at radius 3 is 3.00 bits per heavy atom. The summed E-state index contributed by atoms with van der Waals surface area (Å²) in [4.78, 5) is 21.5. The summed E-state index contributed by atoms with van der Waals surface area (Å²) >= 11 is 5.84. The SMILES string of the molecule is O=C(O)Cn1nc(-c2ccc(Cl)c([N+](=O)[O-])c2)c2c1CCNC2. The number of benzene rings is 1. The highest BCUT2D eigenvalue weighted by Crippen LogP contribution is 2.33. The van der Waals surface area contributed by atoms with Crippen LogP contribution in [-0.4, -0.2) is 32.3 Å². The van der Waals surface area contributed by atoms with Crippen molar-refractivity contribution in [2.75, 3.05) is 6.54 Å². The maximum Gasteiger partial charge on any atom is 0.325 e. The van der Waals surface area contributed by atoms with E-state index in [0.717, 1.165) is 17.8 Å². The van der Waals surface area contributed by atoms with Crippen LogP contribution in [0.3, 0.4) is 0 Å². The zero-order chi connectivity index (χ0) is 16.6. The number of fused-ring (bicyclic) bond motifs is 1. The van der Waals surface area contributed by atoms with Crippen LogP contribution in [0, 0.1) is 10.1 Å². The predicted molar refractivity (Wildman–Crippen MR) is 82.4 cm³/mol. The average Bonchev–Trinajstić information content (AvgIpc) is 2.86. The summed E-state index contributed by atoms with van der Waals surface area (Å²) < 4.78 is 1.45. The average molecular weight is 337 g/mol. The Morgan fingerprint density at radius 2 is 2.30 bits per heavy atom. The number of hydrogen-bond donors (Lipinski definition) is 2. The van der Waals surface area contributed by atoms with Crippen LogP contribution < -0.4 is 5.32 Å². The van der Waals surface area contributed by atoms with Gasteiger partial charge in [-0.15, -0.1) is 0 Å². The third kappa shape index (κ3) is 2.90. The van der Waals surface area contributed by atoms with Gasteiger partial charge in [-0.05, 0) is 6.07 Å². The predicted octanol–water partition coefficient (Wildman–Crippen LogP) is 1.84. The molecule has 0 fully saturated rings. The van der Waals surface area contributed by atoms with Gasteiger partial charge in [0.25, 0.3) is 5.69 Å². The van der Waals surface area contributed by atoms with Gasteiger partial charge in [-0.1, -0.05) is 17.7 Å². The summed E-state index contributed by atoms with van der Waals surface area (Å²) in [5, 5.41) is 27.7. The highest BCUT2D eigenvalue weighted by Gasteiger charge is 2.24. The van der Waals surface area contributed by atoms with Crippen LogP contribution in [-0.2, 0) is 24.3 Å². The maximum absolute atomic E-state index is 11.1. The number of hydrogen-bond acceptors (Lipinski definition) is 5. The van der Waals surface area contributed by atoms with E-state index in [0.29, 0.717) is 24.2 Å². The second-order valence-electron chi connectivity index (χ2n) is 5.18. The molecule has 1 aliphatic heterocycles. The number of nitro benzene ring substituents is 1. The Bertz CT molecular complexity index is 802. The fourth-order valence-electron chi connectivity index (χ4n) is 2.71. The topological polar surface area (TPSA) is 110 Å². The van der Waals surface area contributed by atoms with Gasteiger partial charge in [0.2, 0.25) is 0 Å². The monoisotopic (exact) mass is 336 g/mol. The lowest BCUT2D eigenvalue weighted by Crippen LogP contribution is -2.25. The zero-order valence-electron chi connectivity index (χ0n) is 12.0. The number of aromatic nitrogens is 2. The van der Waals surface area contributed by atoms with Gasteiger partial charge in [-0.3, -0.25) is 19.6 Å². The molecule has 0 spiro atoms. The summed E-state index contributed by atoms with van der Waals surface area (Å²) in [6.07, 6.45) is 0.658. The van der Waals surface area contributed by atoms with Crippen LogP contribution >= 0.6 is 11.6 Å². The minimum atomic E-state index is -0.984. The van der Waals surface area contributed by atoms with Crippen molar-refractivity contribution in [3.63, 3.8) is 0 Å². The second-order valence-corrected chi connectivity index (χ2v) is 5.58. The smallest absolute Gasteiger partial charge is 0.325 e. The Kier molecular flexibility index (Phi) is 4.01. The lowest BCUT2D eigenvalue weighted by Gasteiger charge is -2.15. The molecule has 2 heterocycles. The summed E-state index contributed by atoms with van der Waals surface area (Å²) in [6.45, 7) is 1.04. The number of rotatable bonds is 4. The van der Waals surface area contributed by atoms with Gasteiger partial charge in [0, 0.05) is 42.4 Å². The maximum atomic E-state index is 11.1. The number of nitrogens with one attached hydrogen (secondary N) is 1. The Morgan fingerprint density at radius 1 is 1.52 bits per heavy atom. The summed E-state index contributed by atoms with van der Waals surface area (Å²) in [6, 6.07) is 4.47. The number of halogens is 1. The summed E-state index contributed by atoms with van der Waals surface area (Å²) in [7, 11) is 0. The molecule has 0 radical (unpaired) electrons. The van der Waals surface area contributed by atoms with Crippen LogP contribution in [0.5, 0.6) is 0 Å². The van der Waals surface area contributed by atoms with Gasteiger partial charge >= 0.3 is 5.97 Å². The van der Waals surface area contributed by atoms with Crippen LogP contribution in [0.4, 0.5) is 5.69 Å². The molecule has 0 saturated carbocycles. The summed E-state index contributed by atoms with van der Waals surface area (Å²) in [5.74, 6) is -0.984. The minimum Gasteiger partial charge on any atom is -0.480 e. The Balaban J connectivity index is 2.13. The van der Waals surface area contributed by atoms with Crippen LogP contribution in [0.15, 0.2) is 18.2 Å². The molecule has 120 valence electrons. The molecule has 0 saturated heterocycles. The molecule has 0 unspecified atom stereocenters. The van der Waals surface area contributed by atoms with Gasteiger partial charge < -0.3 is 10.4 Å². The molecule has 23 heavy (non-hydrogen) atoms. The van der Waals surface area contributed by atoms with Gasteiger partial charge in [-0.2, -0.15) is 5.10 Å². The van der Waals surface area contributed by atoms with Crippen molar-refractivity contribution in [3.8, 4) is 11.3 Å². The van der Waals surface area contributed by atoms with Gasteiger partial charge in [0.15, 0.2) is 0 Å². The van der Waals surface area contributed by atoms with E-state index >= 15 is 0 Å². The first kappa shape index (κ1) is 15.4. The quantitative estimate of drug-likeness (QED) is 0.651. The lowest BCUT2D eigenvalue weighted by molar-refractivity contribution is -0.384. The largest absolute Gasteiger partial charge is 0.480 e. The number of carboxylic acids is 1. The normalized spacial score (nSPS) is 13.6. The van der Waals surface area contributed by atoms with Crippen molar-refractivity contribution in [3.05, 3.63) is 44.6 Å². The van der Waals surface area contributed by atoms with E-state index in [1.54, 1.807) is 6.07 Å². The molecule has 8 nitrogen and oxygen atoms in total. The number of nitrogens with zero attached hydrogens (tertiary/aromatic N) is 3. The van der Waals surface area contributed by atoms with Crippen molar-refractivity contribution in [1.29, 1.82) is 0 Å². The van der Waals surface area contributed by atoms with Crippen LogP contribution in [0.1, 0.15) is 11.3 Å². The number of carboxylic acid groups (broad SMARTS) is 1. The van der Waals surface area contributed by atoms with Gasteiger partial charge in [0.1, 0.15) is 11.6 Å². The lowest BCUT2D eigenvalue weighted by atomic mass is 10.0. The zero-order valence-corrected chi connectivity index (χ0v) is 12.7. The second kappa shape index (κ2) is 5.98. The third-order valence-corrected chi connectivity index (χ3v) is 4.03. The summed E-state index contributed by atoms with van der Waals surface area (Å²) in [5.41, 5.74) is 2.61. The number of carbonyl (C=O) groups is 1. The molecule has 0 atom stereocenters. The fraction of sp³-hybridized carbons (Fsp3) is 0.286. The molecule has 2 N–H and O–H groups in total. The first-order valence-electron chi connectivity index (χ1n) is 6.92. The molecular weight excluding hydrogens is 324 g/mol. The van der Waals surface area contributed by atoms with Gasteiger partial charge in [0.05, 0.1) is 10.6 Å². The molecular formula is C14H13ClN4O4. The standard InChI is InChI=1S/C14H13ClN4O4/c15-10-2-1-8(5-12(10)19(22)23)14-9-6-16-4-3-11(9)18(17-14)7-13(20)21/h1-2,5,16H,3-4,6-7H2,(H,20,21). The van der Waals surface area contributed by atoms with Crippen LogP contribution in [0.2, 0.25) is 5.02 Å². The third-order valence-electron chi connectivity index (χ3n) is 3.71. The van der Waals surface area contributed by atoms with E-state index < -0.39 is 10.9 Å². The molecule has 0 bridgehead atoms. The Hall–Kier alpha value is -2.45. The van der Waals surface area contributed by atoms with Crippen molar-refractivity contribution >= 4 is 23.3 Å². The molecule has 1 aromatic heterocycles. The molecule has 1 aromatic carbocycles. The van der Waals surface area contributed by atoms with Crippen molar-refractivity contribution in [2.45, 2.75) is 19.5 Å². The highest BCUT2D eigenvalue weighted by molar-refractivity contribution is 6.32. The number of aliphatic carboxylic acids is 1. The van der Waals surface area contributed by atoms with Gasteiger partial charge in [-0.25, -0.2) is 0 Å². The minimum absolute atomic E-state index is 0.0516. The van der Waals surface area contributed by atoms with E-state index in [-0.39, 0.29) is 17.3 Å². The highest BCUT2D eigenvalue weighted by atomic mass is 35.5. The van der Waals surface area contributed by atoms with E-state index in [4.69, 9.17) is 16.7 Å². The molecule has 0 amide bonds. The fourth-order valence-corrected chi connectivity index (χ4v) is 2.90. The molecule has 2 aromatic rings.